The first-order valence-corrected chi connectivity index (χ1v) is 23.9. The van der Waals surface area contributed by atoms with E-state index in [9.17, 15) is 64.2 Å². The molecule has 374 valence electrons. The summed E-state index contributed by atoms with van der Waals surface area (Å²) in [5, 5.41) is 65.1. The van der Waals surface area contributed by atoms with Crippen LogP contribution in [0.1, 0.15) is 90.5 Å². The maximum atomic E-state index is 14.0. The number of benzene rings is 1. The molecule has 1 aromatic rings. The van der Waals surface area contributed by atoms with Crippen LogP contribution >= 0.6 is 0 Å². The van der Waals surface area contributed by atoms with Gasteiger partial charge in [0.2, 0.25) is 11.8 Å². The Morgan fingerprint density at radius 2 is 1.37 bits per heavy atom. The fourth-order valence-electron chi connectivity index (χ4n) is 12.8. The van der Waals surface area contributed by atoms with Gasteiger partial charge in [0.15, 0.2) is 0 Å². The van der Waals surface area contributed by atoms with Gasteiger partial charge in [-0.1, -0.05) is 51.1 Å². The average Bonchev–Trinajstić information content (AvgIpc) is 3.62. The largest absolute Gasteiger partial charge is 0.481 e. The third-order valence-electron chi connectivity index (χ3n) is 16.1. The van der Waals surface area contributed by atoms with E-state index in [2.05, 4.69) is 31.4 Å². The van der Waals surface area contributed by atoms with Crippen molar-refractivity contribution in [1.82, 2.24) is 25.3 Å². The van der Waals surface area contributed by atoms with Crippen LogP contribution < -0.4 is 10.6 Å². The summed E-state index contributed by atoms with van der Waals surface area (Å²) in [6.07, 6.45) is 7.51. The summed E-state index contributed by atoms with van der Waals surface area (Å²) in [5.74, 6) is -4.86. The quantitative estimate of drug-likeness (QED) is 0.0629. The van der Waals surface area contributed by atoms with Crippen LogP contribution in [0.5, 0.6) is 0 Å². The zero-order valence-corrected chi connectivity index (χ0v) is 39.2. The summed E-state index contributed by atoms with van der Waals surface area (Å²) in [6, 6.07) is 7.76. The summed E-state index contributed by atoms with van der Waals surface area (Å²) in [5.41, 5.74) is 0.547. The molecule has 0 saturated heterocycles. The standard InChI is InChI=1S/C48H73N5O14/c1-30(9-14-41(56)57)35-12-13-36-34-11-10-32-21-33(15-16-47(32,2)37(34)22-39(54)48(35,36)3)50-40(55)23-49-46(66)38(29-67-28-31-7-5-4-6-8-31)53(27-45(64)65)20-19-51(24-42(58)59)17-18-52(25-43(60)61)26-44(62)63/h4-8,30,32-39,54H,9-29H2,1-3H3,(H,49,66)(H,50,55)(H,56,57)(H,58,59)(H,60,61)(H,62,63)(H,64,65)/t30-,32?,33?,34+,35-,36+,37+,38?,39?,47+,48-/m1/s1. The molecule has 19 heteroatoms. The van der Waals surface area contributed by atoms with Crippen LogP contribution in [0, 0.1) is 46.3 Å². The number of aliphatic carboxylic acids is 5. The number of hydrogen-bond acceptors (Lipinski definition) is 12. The molecule has 0 spiro atoms. The van der Waals surface area contributed by atoms with Crippen molar-refractivity contribution in [2.24, 2.45) is 46.3 Å². The number of carboxylic acid groups (broad SMARTS) is 5. The van der Waals surface area contributed by atoms with Crippen LogP contribution in [0.2, 0.25) is 0 Å². The van der Waals surface area contributed by atoms with Gasteiger partial charge in [0, 0.05) is 38.6 Å². The minimum Gasteiger partial charge on any atom is -0.481 e. The van der Waals surface area contributed by atoms with Crippen LogP contribution in [-0.4, -0.2) is 171 Å². The predicted molar refractivity (Wildman–Crippen MR) is 242 cm³/mol. The van der Waals surface area contributed by atoms with E-state index >= 15 is 0 Å². The third kappa shape index (κ3) is 14.2. The highest BCUT2D eigenvalue weighted by Gasteiger charge is 2.63. The zero-order chi connectivity index (χ0) is 49.1. The molecular weight excluding hydrogens is 871 g/mol. The lowest BCUT2D eigenvalue weighted by Gasteiger charge is -2.62. The van der Waals surface area contributed by atoms with Crippen molar-refractivity contribution in [3.05, 3.63) is 35.9 Å². The highest BCUT2D eigenvalue weighted by Crippen LogP contribution is 2.68. The number of carbonyl (C=O) groups is 7. The normalized spacial score (nSPS) is 28.7. The molecule has 11 atom stereocenters. The van der Waals surface area contributed by atoms with E-state index in [0.29, 0.717) is 30.1 Å². The van der Waals surface area contributed by atoms with E-state index in [1.807, 2.05) is 30.3 Å². The number of aliphatic hydroxyl groups is 1. The first kappa shape index (κ1) is 53.3. The maximum Gasteiger partial charge on any atom is 0.317 e. The Morgan fingerprint density at radius 3 is 2.01 bits per heavy atom. The number of carboxylic acids is 5. The van der Waals surface area contributed by atoms with E-state index in [-0.39, 0.29) is 81.1 Å². The number of rotatable bonds is 27. The molecular formula is C48H73N5O14. The summed E-state index contributed by atoms with van der Waals surface area (Å²) in [7, 11) is 0. The molecule has 2 amide bonds. The van der Waals surface area contributed by atoms with Gasteiger partial charge in [0.1, 0.15) is 6.04 Å². The lowest BCUT2D eigenvalue weighted by atomic mass is 9.43. The second-order valence-electron chi connectivity index (χ2n) is 20.2. The molecule has 67 heavy (non-hydrogen) atoms. The van der Waals surface area contributed by atoms with Crippen molar-refractivity contribution < 1.29 is 68.9 Å². The molecule has 1 aromatic carbocycles. The van der Waals surface area contributed by atoms with Crippen molar-refractivity contribution in [3.8, 4) is 0 Å². The van der Waals surface area contributed by atoms with E-state index < -0.39 is 80.0 Å². The van der Waals surface area contributed by atoms with Gasteiger partial charge in [-0.25, -0.2) is 0 Å². The van der Waals surface area contributed by atoms with Gasteiger partial charge >= 0.3 is 29.8 Å². The van der Waals surface area contributed by atoms with Gasteiger partial charge in [-0.15, -0.1) is 0 Å². The fraction of sp³-hybridized carbons (Fsp3) is 0.729. The molecule has 8 N–H and O–H groups in total. The van der Waals surface area contributed by atoms with Crippen molar-refractivity contribution in [1.29, 1.82) is 0 Å². The van der Waals surface area contributed by atoms with Crippen LogP contribution in [0.25, 0.3) is 0 Å². The Labute approximate surface area is 392 Å². The lowest BCUT2D eigenvalue weighted by molar-refractivity contribution is -0.170. The third-order valence-corrected chi connectivity index (χ3v) is 16.1. The molecule has 4 saturated carbocycles. The van der Waals surface area contributed by atoms with Gasteiger partial charge in [0.05, 0.1) is 52.0 Å². The molecule has 5 rings (SSSR count). The molecule has 4 fully saturated rings. The first-order valence-electron chi connectivity index (χ1n) is 23.9. The molecule has 19 nitrogen and oxygen atoms in total. The maximum absolute atomic E-state index is 14.0. The topological polar surface area (TPSA) is 284 Å². The van der Waals surface area contributed by atoms with Crippen LogP contribution in [0.4, 0.5) is 0 Å². The van der Waals surface area contributed by atoms with Gasteiger partial charge in [0.25, 0.3) is 0 Å². The fourth-order valence-corrected chi connectivity index (χ4v) is 12.8. The van der Waals surface area contributed by atoms with Gasteiger partial charge in [-0.3, -0.25) is 48.3 Å². The molecule has 4 aliphatic rings. The monoisotopic (exact) mass is 944 g/mol. The van der Waals surface area contributed by atoms with Crippen LogP contribution in [-0.2, 0) is 44.9 Å². The second kappa shape index (κ2) is 24.0. The summed E-state index contributed by atoms with van der Waals surface area (Å²) in [4.78, 5) is 89.4. The molecule has 0 aromatic heterocycles. The number of hydrogen-bond donors (Lipinski definition) is 8. The molecule has 4 aliphatic carbocycles. The summed E-state index contributed by atoms with van der Waals surface area (Å²) < 4.78 is 5.93. The van der Waals surface area contributed by atoms with Crippen molar-refractivity contribution >= 4 is 41.7 Å². The van der Waals surface area contributed by atoms with E-state index in [1.165, 1.54) is 9.80 Å². The van der Waals surface area contributed by atoms with Gasteiger partial charge < -0.3 is 46.0 Å². The molecule has 0 heterocycles. The van der Waals surface area contributed by atoms with Crippen LogP contribution in [0.3, 0.4) is 0 Å². The highest BCUT2D eigenvalue weighted by molar-refractivity contribution is 5.88. The number of aliphatic hydroxyl groups excluding tert-OH is 1. The minimum atomic E-state index is -1.28. The number of nitrogens with one attached hydrogen (secondary N) is 2. The predicted octanol–water partition coefficient (Wildman–Crippen LogP) is 2.55. The second-order valence-corrected chi connectivity index (χ2v) is 20.2. The Morgan fingerprint density at radius 1 is 0.746 bits per heavy atom. The lowest BCUT2D eigenvalue weighted by Crippen LogP contribution is -2.59. The Bertz CT molecular complexity index is 1870. The van der Waals surface area contributed by atoms with E-state index in [0.717, 1.165) is 61.8 Å². The Balaban J connectivity index is 1.21. The number of ether oxygens (including phenoxy) is 1. The SMILES string of the molecule is C[C@H](CCC(=O)O)[C@H]1CC[C@H]2[C@@H]3CCC4CC(NC(=O)CNC(=O)C(COCc5ccccc5)N(CCN(CCN(CC(=O)O)CC(=O)O)CC(=O)O)CC(=O)O)CC[C@]4(C)[C@H]3CC(O)[C@]12C. The van der Waals surface area contributed by atoms with Crippen LogP contribution in [0.15, 0.2) is 30.3 Å². The summed E-state index contributed by atoms with van der Waals surface area (Å²) in [6.45, 7) is 3.40. The van der Waals surface area contributed by atoms with Gasteiger partial charge in [-0.2, -0.15) is 0 Å². The molecule has 0 bridgehead atoms. The van der Waals surface area contributed by atoms with Crippen molar-refractivity contribution in [2.45, 2.75) is 110 Å². The van der Waals surface area contributed by atoms with Crippen molar-refractivity contribution in [3.63, 3.8) is 0 Å². The number of nitrogens with zero attached hydrogens (tertiary/aromatic N) is 3. The zero-order valence-electron chi connectivity index (χ0n) is 39.2. The highest BCUT2D eigenvalue weighted by atomic mass is 16.5. The smallest absolute Gasteiger partial charge is 0.317 e. The number of amides is 2. The molecule has 0 aliphatic heterocycles. The van der Waals surface area contributed by atoms with E-state index in [1.54, 1.807) is 0 Å². The Kier molecular flexibility index (Phi) is 19.1. The number of fused-ring (bicyclic) bond motifs is 5. The van der Waals surface area contributed by atoms with E-state index in [4.69, 9.17) is 4.74 Å². The van der Waals surface area contributed by atoms with Gasteiger partial charge in [-0.05, 0) is 110 Å². The average molecular weight is 944 g/mol. The first-order chi connectivity index (χ1) is 31.7. The molecule has 0 radical (unpaired) electrons. The summed E-state index contributed by atoms with van der Waals surface area (Å²) >= 11 is 0. The van der Waals surface area contributed by atoms with Crippen molar-refractivity contribution in [2.75, 3.05) is 65.5 Å². The molecule has 4 unspecified atom stereocenters. The number of carbonyl (C=O) groups excluding carboxylic acids is 2. The minimum absolute atomic E-state index is 0.00930. The Hall–Kier alpha value is -4.69.